The van der Waals surface area contributed by atoms with Gasteiger partial charge in [0.15, 0.2) is 10.8 Å². The van der Waals surface area contributed by atoms with Gasteiger partial charge in [-0.1, -0.05) is 16.9 Å². The van der Waals surface area contributed by atoms with Crippen LogP contribution in [0, 0.1) is 0 Å². The van der Waals surface area contributed by atoms with Gasteiger partial charge >= 0.3 is 5.97 Å². The molecule has 0 spiro atoms. The summed E-state index contributed by atoms with van der Waals surface area (Å²) in [5, 5.41) is 37.8. The number of rotatable bonds is 10. The lowest BCUT2D eigenvalue weighted by Gasteiger charge is -2.49. The summed E-state index contributed by atoms with van der Waals surface area (Å²) in [4.78, 5) is 48.0. The molecule has 2 aliphatic heterocycles. The fraction of sp³-hybridized carbons (Fsp3) is 0.412. The summed E-state index contributed by atoms with van der Waals surface area (Å²) in [7, 11) is 1.67. The van der Waals surface area contributed by atoms with Crippen LogP contribution >= 0.6 is 47.3 Å². The number of hydrogen-bond donors (Lipinski definition) is 4. The minimum Gasteiger partial charge on any atom is -0.477 e. The molecular weight excluding hydrogens is 558 g/mol. The minimum absolute atomic E-state index is 0. The highest BCUT2D eigenvalue weighted by molar-refractivity contribution is 8.01. The second-order valence-electron chi connectivity index (χ2n) is 7.06. The zero-order valence-electron chi connectivity index (χ0n) is 18.4. The Hall–Kier alpha value is -2.93. The SMILES string of the molecule is Cl.Cn1nnnc1SCC1=C(C(=O)O)N2C(=O)C(NC(=O)C(=NOCCO)c3csc(N)n3)[C@H]2SC1. The van der Waals surface area contributed by atoms with Crippen LogP contribution in [-0.4, -0.2) is 99.9 Å². The molecule has 1 saturated heterocycles. The molecule has 5 N–H and O–H groups in total. The van der Waals surface area contributed by atoms with Crippen LogP contribution in [0.2, 0.25) is 0 Å². The topological polar surface area (TPSA) is 211 Å². The number of nitrogen functional groups attached to an aromatic ring is 1. The van der Waals surface area contributed by atoms with Crippen LogP contribution in [0.3, 0.4) is 0 Å². The number of thioether (sulfide) groups is 2. The molecule has 2 aromatic heterocycles. The zero-order valence-corrected chi connectivity index (χ0v) is 21.7. The number of oxime groups is 1. The third-order valence-electron chi connectivity index (χ3n) is 4.81. The summed E-state index contributed by atoms with van der Waals surface area (Å²) in [6.07, 6.45) is 0. The Kier molecular flexibility index (Phi) is 9.12. The van der Waals surface area contributed by atoms with E-state index in [4.69, 9.17) is 15.7 Å². The second kappa shape index (κ2) is 11.9. The molecule has 1 fully saturated rings. The molecular formula is C17H20ClN9O6S3. The molecule has 0 bridgehead atoms. The number of carboxylic acids is 1. The van der Waals surface area contributed by atoms with E-state index in [2.05, 4.69) is 31.0 Å². The molecule has 194 valence electrons. The van der Waals surface area contributed by atoms with Crippen molar-refractivity contribution in [1.82, 2.24) is 35.4 Å². The number of anilines is 1. The molecule has 2 aromatic rings. The van der Waals surface area contributed by atoms with Crippen molar-refractivity contribution in [3.63, 3.8) is 0 Å². The van der Waals surface area contributed by atoms with E-state index in [0.717, 1.165) is 11.3 Å². The van der Waals surface area contributed by atoms with Gasteiger partial charge in [0.1, 0.15) is 29.4 Å². The average Bonchev–Trinajstić information content (AvgIpc) is 3.45. The Morgan fingerprint density at radius 1 is 1.44 bits per heavy atom. The Labute approximate surface area is 221 Å². The molecule has 1 unspecified atom stereocenters. The summed E-state index contributed by atoms with van der Waals surface area (Å²) < 4.78 is 1.46. The lowest BCUT2D eigenvalue weighted by atomic mass is 10.0. The van der Waals surface area contributed by atoms with Gasteiger partial charge in [0.25, 0.3) is 11.8 Å². The number of nitrogens with two attached hydrogens (primary N) is 1. The first-order valence-corrected chi connectivity index (χ1v) is 12.8. The van der Waals surface area contributed by atoms with Crippen molar-refractivity contribution >= 4 is 75.9 Å². The largest absolute Gasteiger partial charge is 0.477 e. The number of aliphatic hydroxyl groups excluding tert-OH is 1. The maximum absolute atomic E-state index is 12.9. The molecule has 0 radical (unpaired) electrons. The van der Waals surface area contributed by atoms with Gasteiger partial charge in [0.2, 0.25) is 5.16 Å². The molecule has 19 heteroatoms. The smallest absolute Gasteiger partial charge is 0.352 e. The van der Waals surface area contributed by atoms with Gasteiger partial charge in [-0.2, -0.15) is 0 Å². The summed E-state index contributed by atoms with van der Waals surface area (Å²) >= 11 is 3.67. The first kappa shape index (κ1) is 27.7. The summed E-state index contributed by atoms with van der Waals surface area (Å²) in [6.45, 7) is -0.465. The van der Waals surface area contributed by atoms with E-state index < -0.39 is 29.2 Å². The third kappa shape index (κ3) is 5.56. The van der Waals surface area contributed by atoms with Crippen LogP contribution in [0.15, 0.2) is 27.0 Å². The highest BCUT2D eigenvalue weighted by Gasteiger charge is 2.54. The Morgan fingerprint density at radius 2 is 2.22 bits per heavy atom. The number of fused-ring (bicyclic) bond motifs is 1. The molecule has 36 heavy (non-hydrogen) atoms. The Balaban J connectivity index is 0.00000361. The molecule has 0 aliphatic carbocycles. The predicted octanol–water partition coefficient (Wildman–Crippen LogP) is -1.09. The van der Waals surface area contributed by atoms with Crippen LogP contribution in [0.25, 0.3) is 0 Å². The van der Waals surface area contributed by atoms with Crippen LogP contribution < -0.4 is 11.1 Å². The fourth-order valence-corrected chi connectivity index (χ4v) is 6.13. The maximum atomic E-state index is 12.9. The first-order valence-electron chi connectivity index (χ1n) is 9.90. The number of β-lactam (4-membered cyclic amide) rings is 1. The van der Waals surface area contributed by atoms with Crippen molar-refractivity contribution < 1.29 is 29.4 Å². The lowest BCUT2D eigenvalue weighted by Crippen LogP contribution is -2.71. The summed E-state index contributed by atoms with van der Waals surface area (Å²) in [5.74, 6) is -1.93. The number of aromatic nitrogens is 5. The number of nitrogens with zero attached hydrogens (tertiary/aromatic N) is 7. The Morgan fingerprint density at radius 3 is 2.83 bits per heavy atom. The van der Waals surface area contributed by atoms with Crippen molar-refractivity contribution in [2.24, 2.45) is 12.2 Å². The van der Waals surface area contributed by atoms with Crippen LogP contribution in [-0.2, 0) is 26.3 Å². The molecule has 4 rings (SSSR count). The van der Waals surface area contributed by atoms with Gasteiger partial charge in [-0.15, -0.1) is 40.6 Å². The number of thiazole rings is 1. The highest BCUT2D eigenvalue weighted by atomic mass is 35.5. The summed E-state index contributed by atoms with van der Waals surface area (Å²) in [6, 6.07) is -0.974. The molecule has 4 heterocycles. The van der Waals surface area contributed by atoms with Crippen LogP contribution in [0.4, 0.5) is 5.13 Å². The van der Waals surface area contributed by atoms with E-state index in [9.17, 15) is 19.5 Å². The molecule has 2 atom stereocenters. The van der Waals surface area contributed by atoms with E-state index in [1.165, 1.54) is 38.5 Å². The average molecular weight is 578 g/mol. The standard InChI is InChI=1S/C17H19N9O6S3.ClH/c1-25-17(21-23-24-25)35-5-7-4-33-14-10(13(29)26(14)11(7)15(30)31)20-12(28)9(22-32-3-2-27)8-6-34-16(18)19-8;/h6,10,14,27H,2-5H2,1H3,(H2,18,19)(H,20,28)(H,30,31);1H/t10?,14-;/m1./s1. The molecule has 2 aliphatic rings. The van der Waals surface area contributed by atoms with Gasteiger partial charge in [0, 0.05) is 23.9 Å². The minimum atomic E-state index is -1.24. The van der Waals surface area contributed by atoms with Crippen molar-refractivity contribution in [3.05, 3.63) is 22.3 Å². The van der Waals surface area contributed by atoms with Crippen molar-refractivity contribution in [2.45, 2.75) is 16.6 Å². The molecule has 15 nitrogen and oxygen atoms in total. The van der Waals surface area contributed by atoms with E-state index in [0.29, 0.717) is 16.5 Å². The quantitative estimate of drug-likeness (QED) is 0.0870. The number of carbonyl (C=O) groups is 3. The van der Waals surface area contributed by atoms with Crippen LogP contribution in [0.1, 0.15) is 5.69 Å². The van der Waals surface area contributed by atoms with Gasteiger partial charge in [-0.05, 0) is 16.0 Å². The van der Waals surface area contributed by atoms with E-state index in [1.807, 2.05) is 0 Å². The fourth-order valence-electron chi connectivity index (χ4n) is 3.25. The number of carbonyl (C=O) groups excluding carboxylic acids is 2. The second-order valence-corrected chi connectivity index (χ2v) is 10.00. The monoisotopic (exact) mass is 577 g/mol. The number of carboxylic acid groups (broad SMARTS) is 1. The molecule has 2 amide bonds. The van der Waals surface area contributed by atoms with Crippen molar-refractivity contribution in [1.29, 1.82) is 0 Å². The van der Waals surface area contributed by atoms with E-state index >= 15 is 0 Å². The molecule has 0 aromatic carbocycles. The normalized spacial score (nSPS) is 19.3. The number of aliphatic hydroxyl groups is 1. The van der Waals surface area contributed by atoms with E-state index in [-0.39, 0.29) is 53.6 Å². The number of aliphatic carboxylic acids is 1. The number of halogens is 1. The predicted molar refractivity (Wildman–Crippen MR) is 133 cm³/mol. The lowest BCUT2D eigenvalue weighted by molar-refractivity contribution is -0.150. The first-order chi connectivity index (χ1) is 16.8. The number of aryl methyl sites for hydroxylation is 1. The van der Waals surface area contributed by atoms with Gasteiger partial charge < -0.3 is 26.1 Å². The number of tetrazole rings is 1. The molecule has 0 saturated carbocycles. The third-order valence-corrected chi connectivity index (χ3v) is 7.92. The van der Waals surface area contributed by atoms with Crippen molar-refractivity contribution in [2.75, 3.05) is 30.5 Å². The highest BCUT2D eigenvalue weighted by Crippen LogP contribution is 2.41. The Bertz CT molecular complexity index is 1220. The van der Waals surface area contributed by atoms with Gasteiger partial charge in [-0.25, -0.2) is 14.5 Å². The maximum Gasteiger partial charge on any atom is 0.352 e. The van der Waals surface area contributed by atoms with E-state index in [1.54, 1.807) is 7.05 Å². The summed E-state index contributed by atoms with van der Waals surface area (Å²) in [5.41, 5.74) is 6.00. The number of amides is 2. The van der Waals surface area contributed by atoms with Crippen molar-refractivity contribution in [3.8, 4) is 0 Å². The van der Waals surface area contributed by atoms with Crippen LogP contribution in [0.5, 0.6) is 0 Å². The number of nitrogens with one attached hydrogen (secondary N) is 1. The van der Waals surface area contributed by atoms with Gasteiger partial charge in [0.05, 0.1) is 6.61 Å². The van der Waals surface area contributed by atoms with Gasteiger partial charge in [-0.3, -0.25) is 14.5 Å². The number of hydrogen-bond acceptors (Lipinski definition) is 14. The zero-order chi connectivity index (χ0) is 25.1.